The van der Waals surface area contributed by atoms with Gasteiger partial charge in [0, 0.05) is 18.8 Å². The molecule has 84 valence electrons. The molecule has 0 atom stereocenters. The van der Waals surface area contributed by atoms with Gasteiger partial charge in [0.25, 0.3) is 0 Å². The SMILES string of the molecule is Cc1nc(Oc2cnn(C)c2)ccc1CO. The van der Waals surface area contributed by atoms with Crippen molar-refractivity contribution < 1.29 is 9.84 Å². The summed E-state index contributed by atoms with van der Waals surface area (Å²) in [6, 6.07) is 3.53. The van der Waals surface area contributed by atoms with E-state index in [1.165, 1.54) is 0 Å². The van der Waals surface area contributed by atoms with Crippen molar-refractivity contribution in [3.05, 3.63) is 35.8 Å². The summed E-state index contributed by atoms with van der Waals surface area (Å²) in [6.07, 6.45) is 3.38. The van der Waals surface area contributed by atoms with Gasteiger partial charge in [0.2, 0.25) is 5.88 Å². The van der Waals surface area contributed by atoms with E-state index in [1.54, 1.807) is 29.2 Å². The minimum absolute atomic E-state index is 0.00793. The van der Waals surface area contributed by atoms with E-state index in [0.29, 0.717) is 11.6 Å². The number of aryl methyl sites for hydroxylation is 2. The molecule has 0 fully saturated rings. The van der Waals surface area contributed by atoms with E-state index in [1.807, 2.05) is 14.0 Å². The molecule has 16 heavy (non-hydrogen) atoms. The van der Waals surface area contributed by atoms with E-state index < -0.39 is 0 Å². The minimum atomic E-state index is -0.00793. The lowest BCUT2D eigenvalue weighted by atomic mass is 10.2. The summed E-state index contributed by atoms with van der Waals surface area (Å²) in [5, 5.41) is 13.0. The van der Waals surface area contributed by atoms with Crippen molar-refractivity contribution in [3.63, 3.8) is 0 Å². The van der Waals surface area contributed by atoms with Gasteiger partial charge >= 0.3 is 0 Å². The fourth-order valence-electron chi connectivity index (χ4n) is 1.36. The number of nitrogens with zero attached hydrogens (tertiary/aromatic N) is 3. The quantitative estimate of drug-likeness (QED) is 0.847. The number of aromatic nitrogens is 3. The highest BCUT2D eigenvalue weighted by atomic mass is 16.5. The van der Waals surface area contributed by atoms with E-state index >= 15 is 0 Å². The Balaban J connectivity index is 2.19. The van der Waals surface area contributed by atoms with Crippen LogP contribution in [0.3, 0.4) is 0 Å². The molecule has 5 heteroatoms. The molecule has 0 saturated heterocycles. The van der Waals surface area contributed by atoms with E-state index in [-0.39, 0.29) is 6.61 Å². The lowest BCUT2D eigenvalue weighted by Crippen LogP contribution is -1.94. The largest absolute Gasteiger partial charge is 0.436 e. The Morgan fingerprint density at radius 1 is 1.44 bits per heavy atom. The van der Waals surface area contributed by atoms with Crippen LogP contribution >= 0.6 is 0 Å². The number of rotatable bonds is 3. The summed E-state index contributed by atoms with van der Waals surface area (Å²) >= 11 is 0. The van der Waals surface area contributed by atoms with Crippen LogP contribution in [-0.2, 0) is 13.7 Å². The van der Waals surface area contributed by atoms with Crippen LogP contribution in [0, 0.1) is 6.92 Å². The summed E-state index contributed by atoms with van der Waals surface area (Å²) in [6.45, 7) is 1.83. The Morgan fingerprint density at radius 2 is 2.25 bits per heavy atom. The summed E-state index contributed by atoms with van der Waals surface area (Å²) in [5.41, 5.74) is 1.57. The van der Waals surface area contributed by atoms with Crippen LogP contribution in [0.2, 0.25) is 0 Å². The number of aliphatic hydroxyl groups is 1. The van der Waals surface area contributed by atoms with E-state index in [4.69, 9.17) is 9.84 Å². The van der Waals surface area contributed by atoms with Gasteiger partial charge in [-0.3, -0.25) is 4.68 Å². The zero-order valence-corrected chi connectivity index (χ0v) is 9.21. The normalized spacial score (nSPS) is 10.4. The second kappa shape index (κ2) is 4.32. The molecule has 5 nitrogen and oxygen atoms in total. The molecule has 1 N–H and O–H groups in total. The predicted molar refractivity (Wildman–Crippen MR) is 58.2 cm³/mol. The maximum absolute atomic E-state index is 9.01. The maximum Gasteiger partial charge on any atom is 0.219 e. The highest BCUT2D eigenvalue weighted by Crippen LogP contribution is 2.19. The molecule has 0 aliphatic carbocycles. The second-order valence-electron chi connectivity index (χ2n) is 3.50. The highest BCUT2D eigenvalue weighted by molar-refractivity contribution is 5.27. The summed E-state index contributed by atoms with van der Waals surface area (Å²) < 4.78 is 7.16. The van der Waals surface area contributed by atoms with Gasteiger partial charge in [-0.1, -0.05) is 0 Å². The van der Waals surface area contributed by atoms with Gasteiger partial charge in [0.15, 0.2) is 5.75 Å². The predicted octanol–water partition coefficient (Wildman–Crippen LogP) is 1.41. The first kappa shape index (κ1) is 10.6. The van der Waals surface area contributed by atoms with Crippen LogP contribution in [0.5, 0.6) is 11.6 Å². The monoisotopic (exact) mass is 219 g/mol. The van der Waals surface area contributed by atoms with Crippen LogP contribution in [0.4, 0.5) is 0 Å². The van der Waals surface area contributed by atoms with Crippen molar-refractivity contribution in [1.82, 2.24) is 14.8 Å². The van der Waals surface area contributed by atoms with Gasteiger partial charge < -0.3 is 9.84 Å². The van der Waals surface area contributed by atoms with Crippen LogP contribution < -0.4 is 4.74 Å². The van der Waals surface area contributed by atoms with E-state index in [2.05, 4.69) is 10.1 Å². The average molecular weight is 219 g/mol. The van der Waals surface area contributed by atoms with Crippen molar-refractivity contribution in [1.29, 1.82) is 0 Å². The van der Waals surface area contributed by atoms with Crippen LogP contribution in [0.25, 0.3) is 0 Å². The third-order valence-corrected chi connectivity index (χ3v) is 2.24. The highest BCUT2D eigenvalue weighted by Gasteiger charge is 2.04. The summed E-state index contributed by atoms with van der Waals surface area (Å²) in [5.74, 6) is 1.15. The Kier molecular flexibility index (Phi) is 2.87. The van der Waals surface area contributed by atoms with Crippen molar-refractivity contribution in [2.45, 2.75) is 13.5 Å². The summed E-state index contributed by atoms with van der Waals surface area (Å²) in [7, 11) is 1.82. The lowest BCUT2D eigenvalue weighted by molar-refractivity contribution is 0.280. The van der Waals surface area contributed by atoms with Gasteiger partial charge in [-0.2, -0.15) is 5.10 Å². The van der Waals surface area contributed by atoms with Gasteiger partial charge in [0.05, 0.1) is 19.0 Å². The molecule has 2 aromatic heterocycles. The average Bonchev–Trinajstić information content (AvgIpc) is 2.64. The molecule has 2 rings (SSSR count). The Labute approximate surface area is 93.3 Å². The topological polar surface area (TPSA) is 60.2 Å². The van der Waals surface area contributed by atoms with Crippen LogP contribution in [-0.4, -0.2) is 19.9 Å². The molecule has 0 unspecified atom stereocenters. The maximum atomic E-state index is 9.01. The first-order valence-corrected chi connectivity index (χ1v) is 4.93. The first-order chi connectivity index (χ1) is 7.69. The second-order valence-corrected chi connectivity index (χ2v) is 3.50. The fraction of sp³-hybridized carbons (Fsp3) is 0.273. The van der Waals surface area contributed by atoms with Gasteiger partial charge in [-0.25, -0.2) is 4.98 Å². The lowest BCUT2D eigenvalue weighted by Gasteiger charge is -2.05. The van der Waals surface area contributed by atoms with Gasteiger partial charge in [-0.05, 0) is 18.6 Å². The summed E-state index contributed by atoms with van der Waals surface area (Å²) in [4.78, 5) is 4.23. The number of pyridine rings is 1. The van der Waals surface area contributed by atoms with E-state index in [0.717, 1.165) is 11.3 Å². The molecule has 0 saturated carbocycles. The molecule has 0 aromatic carbocycles. The Morgan fingerprint density at radius 3 is 2.81 bits per heavy atom. The Hall–Kier alpha value is -1.88. The molecule has 0 aliphatic heterocycles. The molecular weight excluding hydrogens is 206 g/mol. The van der Waals surface area contributed by atoms with Crippen LogP contribution in [0.15, 0.2) is 24.5 Å². The third kappa shape index (κ3) is 2.20. The molecule has 0 radical (unpaired) electrons. The third-order valence-electron chi connectivity index (χ3n) is 2.24. The van der Waals surface area contributed by atoms with E-state index in [9.17, 15) is 0 Å². The van der Waals surface area contributed by atoms with Crippen molar-refractivity contribution in [2.24, 2.45) is 7.05 Å². The number of ether oxygens (including phenoxy) is 1. The molecule has 2 aromatic rings. The molecule has 0 spiro atoms. The molecular formula is C11H13N3O2. The number of hydrogen-bond donors (Lipinski definition) is 1. The number of hydrogen-bond acceptors (Lipinski definition) is 4. The zero-order chi connectivity index (χ0) is 11.5. The van der Waals surface area contributed by atoms with Crippen molar-refractivity contribution >= 4 is 0 Å². The smallest absolute Gasteiger partial charge is 0.219 e. The minimum Gasteiger partial charge on any atom is -0.436 e. The molecule has 0 aliphatic rings. The van der Waals surface area contributed by atoms with Crippen molar-refractivity contribution in [2.75, 3.05) is 0 Å². The molecule has 0 amide bonds. The Bertz CT molecular complexity index is 494. The van der Waals surface area contributed by atoms with Gasteiger partial charge in [-0.15, -0.1) is 0 Å². The first-order valence-electron chi connectivity index (χ1n) is 4.93. The standard InChI is InChI=1S/C11H13N3O2/c1-8-9(7-15)3-4-11(13-8)16-10-5-12-14(2)6-10/h3-6,15H,7H2,1-2H3. The molecule has 2 heterocycles. The number of aliphatic hydroxyl groups excluding tert-OH is 1. The molecule has 0 bridgehead atoms. The van der Waals surface area contributed by atoms with Gasteiger partial charge in [0.1, 0.15) is 0 Å². The fourth-order valence-corrected chi connectivity index (χ4v) is 1.36. The zero-order valence-electron chi connectivity index (χ0n) is 9.21. The van der Waals surface area contributed by atoms with Crippen molar-refractivity contribution in [3.8, 4) is 11.6 Å². The van der Waals surface area contributed by atoms with Crippen LogP contribution in [0.1, 0.15) is 11.3 Å².